The summed E-state index contributed by atoms with van der Waals surface area (Å²) in [6.45, 7) is 2.36. The van der Waals surface area contributed by atoms with Gasteiger partial charge in [0.15, 0.2) is 5.78 Å². The molecule has 0 aromatic heterocycles. The van der Waals surface area contributed by atoms with E-state index in [4.69, 9.17) is 4.74 Å². The summed E-state index contributed by atoms with van der Waals surface area (Å²) >= 11 is 3.40. The van der Waals surface area contributed by atoms with Crippen molar-refractivity contribution in [1.82, 2.24) is 0 Å². The van der Waals surface area contributed by atoms with E-state index < -0.39 is 0 Å². The lowest BCUT2D eigenvalue weighted by Gasteiger charge is -2.22. The van der Waals surface area contributed by atoms with Gasteiger partial charge in [0.05, 0.1) is 12.2 Å². The molecule has 0 amide bonds. The van der Waals surface area contributed by atoms with Crippen molar-refractivity contribution in [2.75, 3.05) is 6.61 Å². The molecule has 19 heavy (non-hydrogen) atoms. The third kappa shape index (κ3) is 2.71. The lowest BCUT2D eigenvalue weighted by molar-refractivity contribution is 0.101. The molecular formula is C16H19BrO2. The molecule has 0 aliphatic heterocycles. The van der Waals surface area contributed by atoms with Crippen molar-refractivity contribution in [1.29, 1.82) is 0 Å². The van der Waals surface area contributed by atoms with Crippen molar-refractivity contribution in [3.8, 4) is 5.75 Å². The van der Waals surface area contributed by atoms with Gasteiger partial charge in [-0.3, -0.25) is 4.79 Å². The SMILES string of the molecule is CC(=O)c1cc(Br)ccc1OCC1CC2CCC1C2. The molecule has 1 aromatic rings. The number of benzene rings is 1. The predicted octanol–water partition coefficient (Wildman–Crippen LogP) is 4.47. The van der Waals surface area contributed by atoms with Gasteiger partial charge in [-0.15, -0.1) is 0 Å². The van der Waals surface area contributed by atoms with Crippen LogP contribution in [0.4, 0.5) is 0 Å². The van der Waals surface area contributed by atoms with Crippen LogP contribution in [0.2, 0.25) is 0 Å². The van der Waals surface area contributed by atoms with E-state index in [1.807, 2.05) is 18.2 Å². The number of carbonyl (C=O) groups excluding carboxylic acids is 1. The van der Waals surface area contributed by atoms with Crippen molar-refractivity contribution in [2.24, 2.45) is 17.8 Å². The second-order valence-electron chi connectivity index (χ2n) is 5.94. The van der Waals surface area contributed by atoms with Crippen LogP contribution in [0.5, 0.6) is 5.75 Å². The van der Waals surface area contributed by atoms with E-state index in [0.717, 1.165) is 28.7 Å². The Bertz CT molecular complexity index is 498. The first-order chi connectivity index (χ1) is 9.13. The number of ketones is 1. The van der Waals surface area contributed by atoms with Crippen LogP contribution in [0.3, 0.4) is 0 Å². The van der Waals surface area contributed by atoms with Crippen molar-refractivity contribution >= 4 is 21.7 Å². The normalized spacial score (nSPS) is 28.6. The third-order valence-corrected chi connectivity index (χ3v) is 5.15. The fraction of sp³-hybridized carbons (Fsp3) is 0.562. The Morgan fingerprint density at radius 3 is 2.84 bits per heavy atom. The Morgan fingerprint density at radius 1 is 1.37 bits per heavy atom. The van der Waals surface area contributed by atoms with E-state index in [1.54, 1.807) is 6.92 Å². The van der Waals surface area contributed by atoms with Crippen LogP contribution < -0.4 is 4.74 Å². The third-order valence-electron chi connectivity index (χ3n) is 4.66. The van der Waals surface area contributed by atoms with E-state index in [-0.39, 0.29) is 5.78 Å². The highest BCUT2D eigenvalue weighted by Gasteiger charge is 2.39. The molecule has 2 fully saturated rings. The molecule has 2 saturated carbocycles. The van der Waals surface area contributed by atoms with Gasteiger partial charge in [0.1, 0.15) is 5.75 Å². The van der Waals surface area contributed by atoms with Crippen LogP contribution in [0.15, 0.2) is 22.7 Å². The molecule has 2 bridgehead atoms. The molecule has 3 heteroatoms. The molecule has 3 unspecified atom stereocenters. The molecule has 3 rings (SSSR count). The second-order valence-corrected chi connectivity index (χ2v) is 6.86. The molecule has 2 aliphatic carbocycles. The van der Waals surface area contributed by atoms with E-state index in [0.29, 0.717) is 11.5 Å². The number of carbonyl (C=O) groups is 1. The molecule has 2 nitrogen and oxygen atoms in total. The van der Waals surface area contributed by atoms with Crippen LogP contribution in [0, 0.1) is 17.8 Å². The highest BCUT2D eigenvalue weighted by Crippen LogP contribution is 2.48. The highest BCUT2D eigenvalue weighted by atomic mass is 79.9. The summed E-state index contributed by atoms with van der Waals surface area (Å²) in [5.41, 5.74) is 0.678. The first-order valence-electron chi connectivity index (χ1n) is 7.07. The maximum atomic E-state index is 11.6. The second kappa shape index (κ2) is 5.28. The van der Waals surface area contributed by atoms with E-state index in [2.05, 4.69) is 15.9 Å². The van der Waals surface area contributed by atoms with Gasteiger partial charge in [-0.2, -0.15) is 0 Å². The maximum Gasteiger partial charge on any atom is 0.163 e. The van der Waals surface area contributed by atoms with Crippen LogP contribution in [0.25, 0.3) is 0 Å². The first-order valence-corrected chi connectivity index (χ1v) is 7.86. The fourth-order valence-electron chi connectivity index (χ4n) is 3.68. The predicted molar refractivity (Wildman–Crippen MR) is 78.6 cm³/mol. The average molecular weight is 323 g/mol. The number of rotatable bonds is 4. The molecule has 2 aliphatic rings. The minimum atomic E-state index is 0.0595. The number of hydrogen-bond acceptors (Lipinski definition) is 2. The number of halogens is 1. The number of Topliss-reactive ketones (excluding diaryl/α,β-unsaturated/α-hetero) is 1. The summed E-state index contributed by atoms with van der Waals surface area (Å²) in [4.78, 5) is 11.6. The minimum absolute atomic E-state index is 0.0595. The van der Waals surface area contributed by atoms with Gasteiger partial charge in [0, 0.05) is 4.47 Å². The van der Waals surface area contributed by atoms with Gasteiger partial charge >= 0.3 is 0 Å². The Labute approximate surface area is 122 Å². The number of ether oxygens (including phenoxy) is 1. The van der Waals surface area contributed by atoms with Crippen molar-refractivity contribution in [3.63, 3.8) is 0 Å². The highest BCUT2D eigenvalue weighted by molar-refractivity contribution is 9.10. The monoisotopic (exact) mass is 322 g/mol. The Morgan fingerprint density at radius 2 is 2.21 bits per heavy atom. The van der Waals surface area contributed by atoms with Crippen molar-refractivity contribution < 1.29 is 9.53 Å². The molecular weight excluding hydrogens is 304 g/mol. The average Bonchev–Trinajstić information content (AvgIpc) is 2.99. The number of fused-ring (bicyclic) bond motifs is 2. The van der Waals surface area contributed by atoms with Crippen molar-refractivity contribution in [2.45, 2.75) is 32.6 Å². The Hall–Kier alpha value is -0.830. The molecule has 102 valence electrons. The maximum absolute atomic E-state index is 11.6. The molecule has 3 atom stereocenters. The lowest BCUT2D eigenvalue weighted by atomic mass is 9.89. The van der Waals surface area contributed by atoms with Crippen LogP contribution in [-0.4, -0.2) is 12.4 Å². The molecule has 0 heterocycles. The van der Waals surface area contributed by atoms with E-state index >= 15 is 0 Å². The lowest BCUT2D eigenvalue weighted by Crippen LogP contribution is -2.19. The summed E-state index contributed by atoms with van der Waals surface area (Å²) in [5, 5.41) is 0. The summed E-state index contributed by atoms with van der Waals surface area (Å²) in [7, 11) is 0. The summed E-state index contributed by atoms with van der Waals surface area (Å²) in [5.74, 6) is 3.29. The molecule has 0 N–H and O–H groups in total. The van der Waals surface area contributed by atoms with Gasteiger partial charge in [-0.25, -0.2) is 0 Å². The Kier molecular flexibility index (Phi) is 3.66. The van der Waals surface area contributed by atoms with Crippen LogP contribution >= 0.6 is 15.9 Å². The van der Waals surface area contributed by atoms with Crippen molar-refractivity contribution in [3.05, 3.63) is 28.2 Å². The van der Waals surface area contributed by atoms with Gasteiger partial charge in [0.2, 0.25) is 0 Å². The fourth-order valence-corrected chi connectivity index (χ4v) is 4.04. The summed E-state index contributed by atoms with van der Waals surface area (Å²) in [6, 6.07) is 5.68. The van der Waals surface area contributed by atoms with E-state index in [1.165, 1.54) is 25.7 Å². The zero-order valence-electron chi connectivity index (χ0n) is 11.2. The molecule has 1 aromatic carbocycles. The van der Waals surface area contributed by atoms with Crippen LogP contribution in [0.1, 0.15) is 43.0 Å². The summed E-state index contributed by atoms with van der Waals surface area (Å²) < 4.78 is 6.87. The van der Waals surface area contributed by atoms with Gasteiger partial charge < -0.3 is 4.74 Å². The van der Waals surface area contributed by atoms with Gasteiger partial charge in [0.25, 0.3) is 0 Å². The zero-order valence-corrected chi connectivity index (χ0v) is 12.8. The number of hydrogen-bond donors (Lipinski definition) is 0. The smallest absolute Gasteiger partial charge is 0.163 e. The van der Waals surface area contributed by atoms with Gasteiger partial charge in [-0.05, 0) is 62.1 Å². The minimum Gasteiger partial charge on any atom is -0.493 e. The zero-order chi connectivity index (χ0) is 13.4. The van der Waals surface area contributed by atoms with Crippen LogP contribution in [-0.2, 0) is 0 Å². The molecule has 0 spiro atoms. The Balaban J connectivity index is 1.68. The first kappa shape index (κ1) is 13.2. The quantitative estimate of drug-likeness (QED) is 0.764. The standard InChI is InChI=1S/C16H19BrO2/c1-10(18)15-8-14(17)4-5-16(15)19-9-13-7-11-2-3-12(13)6-11/h4-5,8,11-13H,2-3,6-7,9H2,1H3. The van der Waals surface area contributed by atoms with Gasteiger partial charge in [-0.1, -0.05) is 22.4 Å². The van der Waals surface area contributed by atoms with E-state index in [9.17, 15) is 4.79 Å². The topological polar surface area (TPSA) is 26.3 Å². The summed E-state index contributed by atoms with van der Waals surface area (Å²) in [6.07, 6.45) is 5.50. The molecule has 0 saturated heterocycles. The molecule has 0 radical (unpaired) electrons. The largest absolute Gasteiger partial charge is 0.493 e.